The minimum atomic E-state index is -4.71. The SMILES string of the molecule is CC/C=C\C/C=C\C/C=C\C/C=C\C/C=C\CCCCCC(=O)OC(/C=C\CCCCCCCCCCCC)C(COP(=O)([O-])OCC[N+](C)(C)C)NC(=O)CCCCCCC\C=C/C=C/C=C/CC. The van der Waals surface area contributed by atoms with Gasteiger partial charge in [-0.2, -0.15) is 0 Å². The van der Waals surface area contributed by atoms with Crippen molar-refractivity contribution >= 4 is 19.7 Å². The van der Waals surface area contributed by atoms with Gasteiger partial charge in [0.25, 0.3) is 7.82 Å². The summed E-state index contributed by atoms with van der Waals surface area (Å²) in [5.74, 6) is -0.613. The van der Waals surface area contributed by atoms with E-state index in [4.69, 9.17) is 13.8 Å². The maximum atomic E-state index is 13.4. The number of amides is 1. The van der Waals surface area contributed by atoms with E-state index in [1.807, 2.05) is 33.3 Å². The predicted octanol–water partition coefficient (Wildman–Crippen LogP) is 16.0. The topological polar surface area (TPSA) is 114 Å². The monoisotopic (exact) mass is 995 g/mol. The zero-order valence-corrected chi connectivity index (χ0v) is 46.3. The molecule has 0 spiro atoms. The van der Waals surface area contributed by atoms with Crippen molar-refractivity contribution in [3.63, 3.8) is 0 Å². The van der Waals surface area contributed by atoms with E-state index < -0.39 is 26.6 Å². The van der Waals surface area contributed by atoms with Crippen molar-refractivity contribution in [1.29, 1.82) is 0 Å². The van der Waals surface area contributed by atoms with Crippen LogP contribution in [0, 0.1) is 0 Å². The van der Waals surface area contributed by atoms with Gasteiger partial charge in [0.05, 0.1) is 33.8 Å². The van der Waals surface area contributed by atoms with Crippen molar-refractivity contribution in [2.24, 2.45) is 0 Å². The lowest BCUT2D eigenvalue weighted by Crippen LogP contribution is -2.47. The summed E-state index contributed by atoms with van der Waals surface area (Å²) in [4.78, 5) is 39.8. The van der Waals surface area contributed by atoms with Crippen molar-refractivity contribution in [1.82, 2.24) is 5.32 Å². The lowest BCUT2D eigenvalue weighted by Gasteiger charge is -2.30. The van der Waals surface area contributed by atoms with E-state index in [0.29, 0.717) is 23.9 Å². The number of carbonyl (C=O) groups excluding carboxylic acids is 2. The number of ether oxygens (including phenoxy) is 1. The van der Waals surface area contributed by atoms with Crippen LogP contribution in [0.25, 0.3) is 0 Å². The molecule has 0 aliphatic heterocycles. The highest BCUT2D eigenvalue weighted by molar-refractivity contribution is 7.45. The van der Waals surface area contributed by atoms with Gasteiger partial charge in [-0.3, -0.25) is 14.2 Å². The van der Waals surface area contributed by atoms with Crippen molar-refractivity contribution in [3.8, 4) is 0 Å². The van der Waals surface area contributed by atoms with E-state index in [1.54, 1.807) is 6.08 Å². The van der Waals surface area contributed by atoms with Gasteiger partial charge >= 0.3 is 5.97 Å². The number of allylic oxidation sites excluding steroid dienone is 17. The van der Waals surface area contributed by atoms with Crippen LogP contribution >= 0.6 is 7.82 Å². The molecule has 0 radical (unpaired) electrons. The number of esters is 1. The maximum absolute atomic E-state index is 13.4. The summed E-state index contributed by atoms with van der Waals surface area (Å²) in [6.07, 6.45) is 66.3. The zero-order chi connectivity index (χ0) is 51.5. The molecule has 1 N–H and O–H groups in total. The minimum Gasteiger partial charge on any atom is -0.756 e. The summed E-state index contributed by atoms with van der Waals surface area (Å²) in [5, 5.41) is 2.99. The van der Waals surface area contributed by atoms with E-state index >= 15 is 0 Å². The molecule has 10 heteroatoms. The van der Waals surface area contributed by atoms with E-state index in [9.17, 15) is 19.0 Å². The molecule has 0 aliphatic rings. The van der Waals surface area contributed by atoms with Gasteiger partial charge < -0.3 is 28.5 Å². The van der Waals surface area contributed by atoms with Gasteiger partial charge in [0.2, 0.25) is 5.91 Å². The van der Waals surface area contributed by atoms with Crippen LogP contribution in [0.4, 0.5) is 0 Å². The second kappa shape index (κ2) is 49.3. The first kappa shape index (κ1) is 66.7. The summed E-state index contributed by atoms with van der Waals surface area (Å²) in [7, 11) is 1.13. The Hall–Kier alpha value is -3.33. The van der Waals surface area contributed by atoms with E-state index in [-0.39, 0.29) is 31.3 Å². The van der Waals surface area contributed by atoms with Gasteiger partial charge in [0.1, 0.15) is 19.3 Å². The molecule has 3 unspecified atom stereocenters. The van der Waals surface area contributed by atoms with Gasteiger partial charge in [0, 0.05) is 12.8 Å². The average Bonchev–Trinajstić information content (AvgIpc) is 3.32. The number of nitrogens with one attached hydrogen (secondary N) is 1. The third-order valence-corrected chi connectivity index (χ3v) is 12.5. The molecule has 3 atom stereocenters. The molecule has 0 saturated heterocycles. The normalized spacial score (nSPS) is 14.7. The van der Waals surface area contributed by atoms with Crippen LogP contribution in [0.15, 0.2) is 109 Å². The van der Waals surface area contributed by atoms with E-state index in [0.717, 1.165) is 109 Å². The van der Waals surface area contributed by atoms with Gasteiger partial charge in [-0.25, -0.2) is 0 Å². The highest BCUT2D eigenvalue weighted by atomic mass is 31.2. The van der Waals surface area contributed by atoms with Crippen molar-refractivity contribution < 1.29 is 37.3 Å². The molecule has 0 bridgehead atoms. The maximum Gasteiger partial charge on any atom is 0.306 e. The second-order valence-corrected chi connectivity index (χ2v) is 20.8. The van der Waals surface area contributed by atoms with Crippen LogP contribution in [0.5, 0.6) is 0 Å². The predicted molar refractivity (Wildman–Crippen MR) is 297 cm³/mol. The molecule has 0 aromatic rings. The number of hydrogen-bond donors (Lipinski definition) is 1. The number of hydrogen-bond acceptors (Lipinski definition) is 7. The first-order valence-corrected chi connectivity index (χ1v) is 29.2. The third-order valence-electron chi connectivity index (χ3n) is 11.5. The molecular formula is C60H103N2O7P. The van der Waals surface area contributed by atoms with Gasteiger partial charge in [-0.1, -0.05) is 208 Å². The number of likely N-dealkylation sites (N-methyl/N-ethyl adjacent to an activating group) is 1. The fraction of sp³-hybridized carbons (Fsp3) is 0.667. The Morgan fingerprint density at radius 3 is 1.54 bits per heavy atom. The molecule has 0 aliphatic carbocycles. The number of phosphoric ester groups is 1. The van der Waals surface area contributed by atoms with E-state index in [2.05, 4.69) is 117 Å². The largest absolute Gasteiger partial charge is 0.756 e. The van der Waals surface area contributed by atoms with Crippen LogP contribution in [0.1, 0.15) is 207 Å². The van der Waals surface area contributed by atoms with Crippen molar-refractivity contribution in [2.75, 3.05) is 40.9 Å². The fourth-order valence-electron chi connectivity index (χ4n) is 7.25. The summed E-state index contributed by atoms with van der Waals surface area (Å²) in [5.41, 5.74) is 0. The minimum absolute atomic E-state index is 0.0382. The number of quaternary nitrogens is 1. The molecule has 1 amide bonds. The molecule has 400 valence electrons. The van der Waals surface area contributed by atoms with Crippen LogP contribution < -0.4 is 10.2 Å². The van der Waals surface area contributed by atoms with Crippen molar-refractivity contribution in [2.45, 2.75) is 219 Å². The first-order valence-electron chi connectivity index (χ1n) is 27.7. The highest BCUT2D eigenvalue weighted by Gasteiger charge is 2.27. The molecule has 0 rings (SSSR count). The second-order valence-electron chi connectivity index (χ2n) is 19.4. The zero-order valence-electron chi connectivity index (χ0n) is 45.4. The Bertz CT molecular complexity index is 1570. The molecule has 9 nitrogen and oxygen atoms in total. The smallest absolute Gasteiger partial charge is 0.306 e. The summed E-state index contributed by atoms with van der Waals surface area (Å²) < 4.78 is 30.1. The Balaban J connectivity index is 5.46. The lowest BCUT2D eigenvalue weighted by atomic mass is 10.0. The van der Waals surface area contributed by atoms with Gasteiger partial charge in [-0.05, 0) is 96.0 Å². The fourth-order valence-corrected chi connectivity index (χ4v) is 7.97. The molecule has 0 saturated carbocycles. The van der Waals surface area contributed by atoms with Gasteiger partial charge in [-0.15, -0.1) is 0 Å². The Morgan fingerprint density at radius 2 is 0.986 bits per heavy atom. The Morgan fingerprint density at radius 1 is 0.529 bits per heavy atom. The quantitative estimate of drug-likeness (QED) is 0.0161. The molecule has 0 heterocycles. The molecule has 70 heavy (non-hydrogen) atoms. The summed E-state index contributed by atoms with van der Waals surface area (Å²) >= 11 is 0. The third kappa shape index (κ3) is 49.6. The number of unbranched alkanes of at least 4 members (excludes halogenated alkanes) is 18. The Labute approximate surface area is 430 Å². The number of phosphoric acid groups is 1. The standard InChI is InChI=1S/C60H103N2O7P/c1-7-10-13-16-19-22-25-28-29-30-31-32-33-35-38-41-44-47-50-53-60(64)69-58(51-48-45-42-39-36-27-24-21-18-15-12-9-3)57(56-68-70(65,66)67-55-54-62(4,5)6)61-59(63)52-49-46-43-40-37-34-26-23-20-17-14-11-8-2/h10-11,13-14,17,19-20,22-23,26,28-29,31-32,35,38,48,51,57-58H,7-9,12,15-16,18,21,24-25,27,30,33-34,36-37,39-47,49-50,52-56H2,1-6H3,(H-,61,63,65,66)/b13-10-,14-11+,20-17+,22-19-,26-23-,29-28-,32-31-,38-35-,51-48-. The number of carbonyl (C=O) groups is 2. The van der Waals surface area contributed by atoms with Crippen LogP contribution in [0.3, 0.4) is 0 Å². The molecule has 0 aromatic heterocycles. The number of nitrogens with zero attached hydrogens (tertiary/aromatic N) is 1. The highest BCUT2D eigenvalue weighted by Crippen LogP contribution is 2.38. The first-order chi connectivity index (χ1) is 33.9. The average molecular weight is 995 g/mol. The summed E-state index contributed by atoms with van der Waals surface area (Å²) in [6.45, 7) is 6.52. The van der Waals surface area contributed by atoms with Gasteiger partial charge in [0.15, 0.2) is 0 Å². The molecule has 0 aromatic carbocycles. The Kier molecular flexibility index (Phi) is 46.9. The van der Waals surface area contributed by atoms with E-state index in [1.165, 1.54) is 51.4 Å². The van der Waals surface area contributed by atoms with Crippen LogP contribution in [-0.4, -0.2) is 69.4 Å². The van der Waals surface area contributed by atoms with Crippen molar-refractivity contribution in [3.05, 3.63) is 109 Å². The lowest BCUT2D eigenvalue weighted by molar-refractivity contribution is -0.870. The molecular weight excluding hydrogens is 892 g/mol. The summed E-state index contributed by atoms with van der Waals surface area (Å²) in [6, 6.07) is -0.918. The van der Waals surface area contributed by atoms with Crippen LogP contribution in [0.2, 0.25) is 0 Å². The molecule has 0 fully saturated rings. The number of rotatable bonds is 48. The van der Waals surface area contributed by atoms with Crippen LogP contribution in [-0.2, 0) is 27.9 Å².